The summed E-state index contributed by atoms with van der Waals surface area (Å²) in [5.41, 5.74) is 1.67. The Morgan fingerprint density at radius 2 is 0.766 bits per heavy atom. The van der Waals surface area contributed by atoms with Gasteiger partial charge in [0.15, 0.2) is 0 Å². The summed E-state index contributed by atoms with van der Waals surface area (Å²) < 4.78 is 0. The SMILES string of the molecule is CC1CC(Nc2nc(NCCCCCCCC(=O)NCCCC[C@H](NC(=O)N[C@@H](CCC(=O)O)C(=O)O)C(=O)O)nc(NCCCCCCCC(=O)NCCCC[C@H](NC(=O)N[C@@H](CCC(=O)O)C(=O)O)C(=O)O)n2)=CC=C1CC1CN(CC(=O)O)CCN(CC(=O)O)CCN(CC(=O)O)CCN1CC(=O)O. The molecule has 1 aromatic rings. The number of allylic oxidation sites excluding steroid dienone is 3. The lowest BCUT2D eigenvalue weighted by Crippen LogP contribution is -2.53. The van der Waals surface area contributed by atoms with E-state index in [2.05, 4.69) is 62.8 Å². The minimum absolute atomic E-state index is 0.0162. The number of carbonyl (C=O) groups is 14. The molecule has 0 aromatic carbocycles. The van der Waals surface area contributed by atoms with E-state index in [1.54, 1.807) is 19.6 Å². The number of hydrogen-bond donors (Lipinski definition) is 19. The number of rotatable bonds is 54. The number of carboxylic acids is 10. The molecule has 6 atom stereocenters. The van der Waals surface area contributed by atoms with Crippen LogP contribution in [0.25, 0.3) is 0 Å². The first-order valence-corrected chi connectivity index (χ1v) is 36.1. The lowest BCUT2D eigenvalue weighted by atomic mass is 9.86. The Labute approximate surface area is 618 Å². The van der Waals surface area contributed by atoms with Crippen LogP contribution < -0.4 is 47.9 Å². The van der Waals surface area contributed by atoms with E-state index in [1.807, 2.05) is 19.1 Å². The highest BCUT2D eigenvalue weighted by Crippen LogP contribution is 2.30. The van der Waals surface area contributed by atoms with Gasteiger partial charge in [0.05, 0.1) is 26.2 Å². The Hall–Kier alpha value is -10.1. The fraction of sp³-hybridized carbons (Fsp3) is 0.687. The number of urea groups is 2. The number of carbonyl (C=O) groups excluding carboxylic acids is 4. The molecule has 2 heterocycles. The van der Waals surface area contributed by atoms with Gasteiger partial charge in [-0.15, -0.1) is 0 Å². The molecule has 0 saturated carbocycles. The van der Waals surface area contributed by atoms with Crippen molar-refractivity contribution in [2.45, 2.75) is 191 Å². The number of carboxylic acid groups (broad SMARTS) is 10. The van der Waals surface area contributed by atoms with Crippen LogP contribution in [-0.4, -0.2) is 298 Å². The van der Waals surface area contributed by atoms with Crippen LogP contribution in [0, 0.1) is 5.92 Å². The summed E-state index contributed by atoms with van der Waals surface area (Å²) in [6.07, 6.45) is 12.0. The Balaban J connectivity index is 1.63. The molecule has 6 amide bonds. The summed E-state index contributed by atoms with van der Waals surface area (Å²) >= 11 is 0. The molecule has 1 aliphatic heterocycles. The van der Waals surface area contributed by atoms with E-state index in [4.69, 9.17) is 10.2 Å². The standard InChI is InChI=1S/C67H108N16O24/c1-43-36-45(21-20-44(43)37-46-38-82(41-57(94)95)33-32-80(39-55(90)91)30-31-81(40-56(92)93)34-35-83(46)42-58(96)97)72-65-78-63(70-28-12-6-2-4-8-18-51(84)68-26-14-10-16-47(59(98)99)73-66(106)75-49(61(102)103)22-24-53(86)87)77-64(79-65)71-29-13-7-3-5-9-19-52(85)69-27-15-11-17-48(60(100)101)74-67(107)76-50(62(104)105)23-25-54(88)89/h20-21,43,46-50H,2-19,22-42H2,1H3,(H,68,84)(H,69,85)(H,86,87)(H,88,89)(H,90,91)(H,92,93)(H,94,95)(H,96,97)(H,98,99)(H,100,101)(H,102,103)(H,104,105)(H2,73,75,106)(H2,74,76,107)(H3,70,71,72,77,78,79)/t43?,46?,47-,48-,49-,50-/m0/s1. The predicted octanol–water partition coefficient (Wildman–Crippen LogP) is 1.67. The van der Waals surface area contributed by atoms with Crippen molar-refractivity contribution >= 4 is 101 Å². The summed E-state index contributed by atoms with van der Waals surface area (Å²) in [4.78, 5) is 187. The van der Waals surface area contributed by atoms with Gasteiger partial charge < -0.3 is 98.9 Å². The lowest BCUT2D eigenvalue weighted by molar-refractivity contribution is -0.142. The Morgan fingerprint density at radius 1 is 0.402 bits per heavy atom. The molecule has 0 bridgehead atoms. The van der Waals surface area contributed by atoms with Gasteiger partial charge in [-0.3, -0.25) is 58.0 Å². The lowest BCUT2D eigenvalue weighted by Gasteiger charge is -2.38. The third-order valence-corrected chi connectivity index (χ3v) is 17.5. The molecule has 1 aromatic heterocycles. The van der Waals surface area contributed by atoms with Crippen LogP contribution in [0.5, 0.6) is 0 Å². The minimum atomic E-state index is -1.54. The van der Waals surface area contributed by atoms with E-state index in [0.29, 0.717) is 64.5 Å². The topological polar surface area (TPSA) is 601 Å². The number of aromatic nitrogens is 3. The van der Waals surface area contributed by atoms with Crippen LogP contribution in [0.2, 0.25) is 0 Å². The molecule has 40 heteroatoms. The van der Waals surface area contributed by atoms with Gasteiger partial charge in [0.1, 0.15) is 24.2 Å². The van der Waals surface area contributed by atoms with Gasteiger partial charge in [-0.1, -0.05) is 57.1 Å². The van der Waals surface area contributed by atoms with Crippen LogP contribution >= 0.6 is 0 Å². The zero-order valence-electron chi connectivity index (χ0n) is 60.5. The van der Waals surface area contributed by atoms with Gasteiger partial charge in [0.2, 0.25) is 29.7 Å². The molecule has 2 unspecified atom stereocenters. The molecule has 0 radical (unpaired) electrons. The van der Waals surface area contributed by atoms with Gasteiger partial charge >= 0.3 is 71.8 Å². The molecule has 19 N–H and O–H groups in total. The van der Waals surface area contributed by atoms with E-state index in [0.717, 1.165) is 62.6 Å². The molecule has 0 spiro atoms. The van der Waals surface area contributed by atoms with E-state index in [1.165, 1.54) is 0 Å². The van der Waals surface area contributed by atoms with Crippen LogP contribution in [0.1, 0.15) is 161 Å². The van der Waals surface area contributed by atoms with Crippen LogP contribution in [0.15, 0.2) is 23.4 Å². The van der Waals surface area contributed by atoms with Crippen molar-refractivity contribution in [3.63, 3.8) is 0 Å². The highest BCUT2D eigenvalue weighted by Gasteiger charge is 2.32. The number of nitrogens with zero attached hydrogens (tertiary/aromatic N) is 7. The molecule has 600 valence electrons. The maximum absolute atomic E-state index is 12.6. The fourth-order valence-corrected chi connectivity index (χ4v) is 11.8. The van der Waals surface area contributed by atoms with Gasteiger partial charge in [-0.25, -0.2) is 28.8 Å². The second-order valence-electron chi connectivity index (χ2n) is 26.4. The van der Waals surface area contributed by atoms with Crippen molar-refractivity contribution in [2.24, 2.45) is 5.92 Å². The summed E-state index contributed by atoms with van der Waals surface area (Å²) in [6, 6.07) is -8.51. The highest BCUT2D eigenvalue weighted by atomic mass is 16.4. The molecule has 1 saturated heterocycles. The first-order chi connectivity index (χ1) is 50.8. The fourth-order valence-electron chi connectivity index (χ4n) is 11.8. The number of hydrogen-bond acceptors (Lipinski definition) is 24. The summed E-state index contributed by atoms with van der Waals surface area (Å²) in [5, 5.41) is 119. The maximum atomic E-state index is 12.6. The zero-order valence-corrected chi connectivity index (χ0v) is 60.5. The molecule has 2 aliphatic rings. The third-order valence-electron chi connectivity index (χ3n) is 17.5. The highest BCUT2D eigenvalue weighted by molar-refractivity contribution is 5.87. The summed E-state index contributed by atoms with van der Waals surface area (Å²) in [7, 11) is 0. The second-order valence-corrected chi connectivity index (χ2v) is 26.4. The van der Waals surface area contributed by atoms with Crippen molar-refractivity contribution in [3.05, 3.63) is 23.4 Å². The monoisotopic (exact) mass is 1520 g/mol. The number of anilines is 3. The van der Waals surface area contributed by atoms with Crippen LogP contribution in [0.3, 0.4) is 0 Å². The second kappa shape index (κ2) is 51.2. The van der Waals surface area contributed by atoms with Crippen molar-refractivity contribution in [2.75, 3.05) is 114 Å². The van der Waals surface area contributed by atoms with Crippen LogP contribution in [-0.2, 0) is 57.5 Å². The Morgan fingerprint density at radius 3 is 1.17 bits per heavy atom. The largest absolute Gasteiger partial charge is 0.481 e. The zero-order chi connectivity index (χ0) is 79.2. The van der Waals surface area contributed by atoms with Gasteiger partial charge in [0.25, 0.3) is 0 Å². The first-order valence-electron chi connectivity index (χ1n) is 36.1. The maximum Gasteiger partial charge on any atom is 0.326 e. The molecule has 107 heavy (non-hydrogen) atoms. The average molecular weight is 1520 g/mol. The molecule has 3 rings (SSSR count). The van der Waals surface area contributed by atoms with Crippen molar-refractivity contribution in [1.82, 2.24) is 66.5 Å². The van der Waals surface area contributed by atoms with E-state index in [9.17, 15) is 108 Å². The van der Waals surface area contributed by atoms with Crippen LogP contribution in [0.4, 0.5) is 27.4 Å². The normalized spacial score (nSPS) is 16.5. The minimum Gasteiger partial charge on any atom is -0.481 e. The smallest absolute Gasteiger partial charge is 0.326 e. The number of amides is 6. The molecular weight excluding hydrogens is 1410 g/mol. The Kier molecular flexibility index (Phi) is 43.6. The molecule has 40 nitrogen and oxygen atoms in total. The quantitative estimate of drug-likeness (QED) is 0.0412. The third kappa shape index (κ3) is 42.0. The summed E-state index contributed by atoms with van der Waals surface area (Å²) in [5.74, 6) is -12.4. The van der Waals surface area contributed by atoms with Gasteiger partial charge in [0, 0.05) is 109 Å². The van der Waals surface area contributed by atoms with Crippen molar-refractivity contribution < 1.29 is 118 Å². The molecular formula is C67H108N16O24. The van der Waals surface area contributed by atoms with Crippen molar-refractivity contribution in [3.8, 4) is 0 Å². The first kappa shape index (κ1) is 91.1. The van der Waals surface area contributed by atoms with E-state index >= 15 is 0 Å². The average Bonchev–Trinajstić information content (AvgIpc) is 0.832. The number of nitrogens with one attached hydrogen (secondary N) is 9. The van der Waals surface area contributed by atoms with E-state index < -0.39 is 141 Å². The predicted molar refractivity (Wildman–Crippen MR) is 382 cm³/mol. The van der Waals surface area contributed by atoms with E-state index in [-0.39, 0.29) is 133 Å². The Bertz CT molecular complexity index is 3040. The van der Waals surface area contributed by atoms with Gasteiger partial charge in [-0.2, -0.15) is 15.0 Å². The summed E-state index contributed by atoms with van der Waals surface area (Å²) in [6.45, 7) is 2.95. The number of aliphatic carboxylic acids is 10. The molecule has 1 aliphatic carbocycles. The molecule has 1 fully saturated rings. The van der Waals surface area contributed by atoms with Gasteiger partial charge in [-0.05, 0) is 102 Å². The van der Waals surface area contributed by atoms with Crippen molar-refractivity contribution in [1.29, 1.82) is 0 Å². The number of unbranched alkanes of at least 4 members (excludes halogenated alkanes) is 10.